The molecule has 0 aliphatic heterocycles. The van der Waals surface area contributed by atoms with Gasteiger partial charge in [-0.2, -0.15) is 43.9 Å². The molecule has 36 heavy (non-hydrogen) atoms. The van der Waals surface area contributed by atoms with Gasteiger partial charge in [-0.25, -0.2) is 8.78 Å². The van der Waals surface area contributed by atoms with Crippen LogP contribution in [-0.4, -0.2) is 69.8 Å². The minimum atomic E-state index is -7.76. The lowest BCUT2D eigenvalue weighted by atomic mass is 9.94. The van der Waals surface area contributed by atoms with Crippen LogP contribution in [0.4, 0.5) is 58.4 Å². The second-order valence-corrected chi connectivity index (χ2v) is 9.04. The molecule has 6 nitrogen and oxygen atoms in total. The standard InChI is InChI=1S/C16H11F12NO5S2/c1-36(33)7-2-3-9(8(4-7)29(31)32)35-5-10(30)34-6-12(19,20)14(23,24)16(27,28)15(25,26)13(21,22)11(17)18/h2-4,11H,5-6H2,1H3. The molecule has 0 bridgehead atoms. The first-order valence-electron chi connectivity index (χ1n) is 8.62. The van der Waals surface area contributed by atoms with Crippen LogP contribution in [0.2, 0.25) is 0 Å². The van der Waals surface area contributed by atoms with Gasteiger partial charge in [0.2, 0.25) is 0 Å². The van der Waals surface area contributed by atoms with Crippen LogP contribution in [0.5, 0.6) is 0 Å². The van der Waals surface area contributed by atoms with Crippen molar-refractivity contribution in [2.45, 2.75) is 45.8 Å². The fourth-order valence-corrected chi connectivity index (χ4v) is 3.49. The smallest absolute Gasteiger partial charge is 0.384 e. The Kier molecular flexibility index (Phi) is 9.38. The Morgan fingerprint density at radius 1 is 1.03 bits per heavy atom. The van der Waals surface area contributed by atoms with E-state index in [1.54, 1.807) is 0 Å². The maximum Gasteiger partial charge on any atom is 0.384 e. The topological polar surface area (TPSA) is 86.5 Å². The molecular weight excluding hydrogens is 578 g/mol. The Balaban J connectivity index is 3.02. The summed E-state index contributed by atoms with van der Waals surface area (Å²) < 4.78 is 172. The van der Waals surface area contributed by atoms with Gasteiger partial charge in [0.25, 0.3) is 5.69 Å². The summed E-state index contributed by atoms with van der Waals surface area (Å²) in [5.41, 5.74) is -0.737. The molecule has 206 valence electrons. The summed E-state index contributed by atoms with van der Waals surface area (Å²) in [4.78, 5) is 21.2. The van der Waals surface area contributed by atoms with E-state index in [-0.39, 0.29) is 21.6 Å². The highest BCUT2D eigenvalue weighted by Crippen LogP contribution is 2.58. The monoisotopic (exact) mass is 589 g/mol. The molecule has 0 aliphatic carbocycles. The second kappa shape index (κ2) is 10.6. The largest absolute Gasteiger partial charge is 0.458 e. The van der Waals surface area contributed by atoms with E-state index in [2.05, 4.69) is 4.74 Å². The minimum absolute atomic E-state index is 0.0364. The molecule has 0 saturated heterocycles. The highest BCUT2D eigenvalue weighted by molar-refractivity contribution is 8.00. The van der Waals surface area contributed by atoms with Crippen molar-refractivity contribution in [2.24, 2.45) is 0 Å². The first-order chi connectivity index (χ1) is 16.0. The van der Waals surface area contributed by atoms with Crippen LogP contribution in [0.3, 0.4) is 0 Å². The third kappa shape index (κ3) is 5.83. The first kappa shape index (κ1) is 31.8. The van der Waals surface area contributed by atoms with Gasteiger partial charge in [-0.3, -0.25) is 19.1 Å². The first-order valence-corrected chi connectivity index (χ1v) is 11.2. The summed E-state index contributed by atoms with van der Waals surface area (Å²) in [6.07, 6.45) is -4.49. The van der Waals surface area contributed by atoms with Gasteiger partial charge in [0.1, 0.15) is 0 Å². The molecule has 0 radical (unpaired) electrons. The van der Waals surface area contributed by atoms with E-state index >= 15 is 0 Å². The van der Waals surface area contributed by atoms with E-state index < -0.39 is 75.8 Å². The number of nitro benzene ring substituents is 1. The number of rotatable bonds is 12. The summed E-state index contributed by atoms with van der Waals surface area (Å²) in [7, 11) is -1.68. The average molecular weight is 589 g/mol. The van der Waals surface area contributed by atoms with Crippen LogP contribution in [-0.2, 0) is 20.3 Å². The number of ether oxygens (including phenoxy) is 1. The molecule has 0 fully saturated rings. The molecule has 0 spiro atoms. The van der Waals surface area contributed by atoms with Crippen molar-refractivity contribution in [3.05, 3.63) is 28.3 Å². The summed E-state index contributed by atoms with van der Waals surface area (Å²) in [5, 5.41) is 11.1. The number of carbonyl (C=O) groups excluding carboxylic acids is 1. The minimum Gasteiger partial charge on any atom is -0.458 e. The molecule has 0 N–H and O–H groups in total. The molecular formula is C16H11F12NO5S2. The van der Waals surface area contributed by atoms with Crippen LogP contribution in [0.1, 0.15) is 0 Å². The number of hydrogen-bond donors (Lipinski definition) is 0. The van der Waals surface area contributed by atoms with E-state index in [4.69, 9.17) is 0 Å². The van der Waals surface area contributed by atoms with Gasteiger partial charge in [-0.15, -0.1) is 11.8 Å². The van der Waals surface area contributed by atoms with Gasteiger partial charge in [0, 0.05) is 17.2 Å². The predicted octanol–water partition coefficient (Wildman–Crippen LogP) is 5.41. The van der Waals surface area contributed by atoms with E-state index in [1.165, 1.54) is 0 Å². The SMILES string of the molecule is CS(=O)c1ccc(SCC(=O)OCC(F)(F)C(F)(F)C(F)(F)C(F)(F)C(F)(F)C(F)F)c([N+](=O)[O-])c1. The summed E-state index contributed by atoms with van der Waals surface area (Å²) >= 11 is 0.180. The van der Waals surface area contributed by atoms with Gasteiger partial charge in [-0.05, 0) is 12.1 Å². The predicted molar refractivity (Wildman–Crippen MR) is 97.9 cm³/mol. The van der Waals surface area contributed by atoms with E-state index in [9.17, 15) is 71.8 Å². The number of hydrogen-bond acceptors (Lipinski definition) is 6. The fourth-order valence-electron chi connectivity index (χ4n) is 2.15. The zero-order valence-electron chi connectivity index (χ0n) is 17.1. The van der Waals surface area contributed by atoms with Gasteiger partial charge in [0.05, 0.1) is 26.4 Å². The number of carbonyl (C=O) groups is 1. The number of halogens is 12. The molecule has 1 atom stereocenters. The van der Waals surface area contributed by atoms with Crippen molar-refractivity contribution < 1.29 is 71.3 Å². The molecule has 0 amide bonds. The van der Waals surface area contributed by atoms with Gasteiger partial charge in [0.15, 0.2) is 6.61 Å². The molecule has 20 heteroatoms. The fraction of sp³-hybridized carbons (Fsp3) is 0.562. The van der Waals surface area contributed by atoms with Crippen molar-refractivity contribution in [3.8, 4) is 0 Å². The van der Waals surface area contributed by atoms with Crippen LogP contribution in [0, 0.1) is 10.1 Å². The molecule has 0 saturated carbocycles. The third-order valence-corrected chi connectivity index (χ3v) is 6.11. The highest BCUT2D eigenvalue weighted by atomic mass is 32.2. The zero-order chi connectivity index (χ0) is 28.5. The summed E-state index contributed by atoms with van der Waals surface area (Å²) in [6, 6.07) is 2.88. The molecule has 1 aromatic rings. The van der Waals surface area contributed by atoms with Crippen LogP contribution < -0.4 is 0 Å². The lowest BCUT2D eigenvalue weighted by Gasteiger charge is -2.38. The maximum absolute atomic E-state index is 13.6. The molecule has 1 unspecified atom stereocenters. The number of thioether (sulfide) groups is 1. The molecule has 0 aromatic heterocycles. The molecule has 0 aliphatic rings. The number of alkyl halides is 12. The lowest BCUT2D eigenvalue weighted by Crippen LogP contribution is -2.69. The van der Waals surface area contributed by atoms with Crippen molar-refractivity contribution in [3.63, 3.8) is 0 Å². The number of esters is 1. The number of nitro groups is 1. The van der Waals surface area contributed by atoms with E-state index in [1.807, 2.05) is 0 Å². The average Bonchev–Trinajstić information content (AvgIpc) is 2.75. The van der Waals surface area contributed by atoms with E-state index in [0.29, 0.717) is 0 Å². The molecule has 0 heterocycles. The maximum atomic E-state index is 13.6. The Labute approximate surface area is 198 Å². The summed E-state index contributed by atoms with van der Waals surface area (Å²) in [5.74, 6) is -39.6. The van der Waals surface area contributed by atoms with Gasteiger partial charge >= 0.3 is 42.0 Å². The van der Waals surface area contributed by atoms with Crippen molar-refractivity contribution >= 4 is 34.2 Å². The van der Waals surface area contributed by atoms with E-state index in [0.717, 1.165) is 24.5 Å². The molecule has 1 aromatic carbocycles. The number of nitrogens with zero attached hydrogens (tertiary/aromatic N) is 1. The highest BCUT2D eigenvalue weighted by Gasteiger charge is 2.87. The number of benzene rings is 1. The second-order valence-electron chi connectivity index (χ2n) is 6.64. The zero-order valence-corrected chi connectivity index (χ0v) is 18.7. The summed E-state index contributed by atoms with van der Waals surface area (Å²) in [6.45, 7) is -3.08. The quantitative estimate of drug-likeness (QED) is 0.107. The molecule has 1 rings (SSSR count). The normalized spacial score (nSPS) is 14.6. The lowest BCUT2D eigenvalue weighted by molar-refractivity contribution is -0.414. The Hall–Kier alpha value is -2.25. The Bertz CT molecular complexity index is 1020. The van der Waals surface area contributed by atoms with Gasteiger partial charge < -0.3 is 4.74 Å². The van der Waals surface area contributed by atoms with Crippen LogP contribution in [0.25, 0.3) is 0 Å². The third-order valence-electron chi connectivity index (χ3n) is 4.16. The van der Waals surface area contributed by atoms with Crippen LogP contribution in [0.15, 0.2) is 28.0 Å². The van der Waals surface area contributed by atoms with Crippen molar-refractivity contribution in [2.75, 3.05) is 18.6 Å². The van der Waals surface area contributed by atoms with Crippen LogP contribution >= 0.6 is 11.8 Å². The Morgan fingerprint density at radius 3 is 2.00 bits per heavy atom. The van der Waals surface area contributed by atoms with Gasteiger partial charge in [-0.1, -0.05) is 0 Å². The Morgan fingerprint density at radius 2 is 1.56 bits per heavy atom. The van der Waals surface area contributed by atoms with Crippen molar-refractivity contribution in [1.29, 1.82) is 0 Å². The van der Waals surface area contributed by atoms with Crippen molar-refractivity contribution in [1.82, 2.24) is 0 Å².